The third-order valence-electron chi connectivity index (χ3n) is 2.59. The molecule has 5 nitrogen and oxygen atoms in total. The summed E-state index contributed by atoms with van der Waals surface area (Å²) in [6.07, 6.45) is 0. The first-order valence-electron chi connectivity index (χ1n) is 5.84. The lowest BCUT2D eigenvalue weighted by Gasteiger charge is -2.09. The van der Waals surface area contributed by atoms with Crippen molar-refractivity contribution in [1.82, 2.24) is 5.16 Å². The van der Waals surface area contributed by atoms with Crippen molar-refractivity contribution >= 4 is 55.0 Å². The minimum atomic E-state index is -3.97. The van der Waals surface area contributed by atoms with Crippen LogP contribution < -0.4 is 4.72 Å². The Morgan fingerprint density at radius 2 is 1.81 bits per heavy atom. The van der Waals surface area contributed by atoms with Gasteiger partial charge in [-0.2, -0.15) is 0 Å². The molecule has 0 bridgehead atoms. The average molecular weight is 414 g/mol. The summed E-state index contributed by atoms with van der Waals surface area (Å²) in [5, 5.41) is 3.79. The molecular weight excluding hydrogens is 403 g/mol. The van der Waals surface area contributed by atoms with Crippen LogP contribution in [0.4, 0.5) is 5.88 Å². The second kappa shape index (κ2) is 6.16. The summed E-state index contributed by atoms with van der Waals surface area (Å²) in [5.41, 5.74) is 0.640. The lowest BCUT2D eigenvalue weighted by atomic mass is 10.1. The number of nitrogens with one attached hydrogen (secondary N) is 1. The van der Waals surface area contributed by atoms with Crippen LogP contribution in [-0.4, -0.2) is 13.6 Å². The van der Waals surface area contributed by atoms with Gasteiger partial charge in [-0.05, 0) is 18.1 Å². The number of hydrogen-bond acceptors (Lipinski definition) is 4. The predicted molar refractivity (Wildman–Crippen MR) is 85.6 cm³/mol. The highest BCUT2D eigenvalue weighted by molar-refractivity contribution is 9.10. The fraction of sp³-hybridized carbons (Fsp3) is 0.250. The van der Waals surface area contributed by atoms with Crippen LogP contribution in [-0.2, 0) is 10.0 Å². The lowest BCUT2D eigenvalue weighted by molar-refractivity contribution is 0.423. The van der Waals surface area contributed by atoms with Gasteiger partial charge in [-0.25, -0.2) is 13.1 Å². The molecule has 1 heterocycles. The molecule has 21 heavy (non-hydrogen) atoms. The molecule has 0 aliphatic rings. The van der Waals surface area contributed by atoms with Crippen molar-refractivity contribution in [3.8, 4) is 0 Å². The summed E-state index contributed by atoms with van der Waals surface area (Å²) in [5.74, 6) is 0.126. The second-order valence-corrected chi connectivity index (χ2v) is 7.92. The van der Waals surface area contributed by atoms with Crippen molar-refractivity contribution in [2.75, 3.05) is 4.72 Å². The van der Waals surface area contributed by atoms with E-state index < -0.39 is 10.0 Å². The molecule has 0 unspecified atom stereocenters. The Morgan fingerprint density at radius 1 is 1.24 bits per heavy atom. The van der Waals surface area contributed by atoms with Crippen LogP contribution in [0.2, 0.25) is 10.0 Å². The molecule has 1 aromatic carbocycles. The van der Waals surface area contributed by atoms with Gasteiger partial charge in [0.15, 0.2) is 0 Å². The van der Waals surface area contributed by atoms with Crippen molar-refractivity contribution in [3.63, 3.8) is 0 Å². The van der Waals surface area contributed by atoms with Crippen LogP contribution in [0.1, 0.15) is 25.5 Å². The van der Waals surface area contributed by atoms with Crippen LogP contribution in [0.3, 0.4) is 0 Å². The molecule has 1 N–H and O–H groups in total. The Bertz CT molecular complexity index is 752. The van der Waals surface area contributed by atoms with Crippen molar-refractivity contribution < 1.29 is 12.9 Å². The Labute approximate surface area is 140 Å². The van der Waals surface area contributed by atoms with Crippen LogP contribution in [0.25, 0.3) is 0 Å². The van der Waals surface area contributed by atoms with Gasteiger partial charge in [0.05, 0.1) is 15.7 Å². The van der Waals surface area contributed by atoms with Crippen molar-refractivity contribution in [1.29, 1.82) is 0 Å². The van der Waals surface area contributed by atoms with Crippen molar-refractivity contribution in [3.05, 3.63) is 38.4 Å². The molecule has 9 heteroatoms. The maximum atomic E-state index is 12.4. The van der Waals surface area contributed by atoms with Crippen LogP contribution in [0.15, 0.2) is 32.1 Å². The zero-order valence-electron chi connectivity index (χ0n) is 11.0. The highest BCUT2D eigenvalue weighted by atomic mass is 79.9. The number of sulfonamides is 1. The third-order valence-corrected chi connectivity index (χ3v) is 5.31. The van der Waals surface area contributed by atoms with E-state index in [1.165, 1.54) is 18.2 Å². The number of anilines is 1. The van der Waals surface area contributed by atoms with Crippen molar-refractivity contribution in [2.45, 2.75) is 24.7 Å². The monoisotopic (exact) mass is 412 g/mol. The van der Waals surface area contributed by atoms with E-state index in [0.717, 1.165) is 0 Å². The van der Waals surface area contributed by atoms with E-state index in [0.29, 0.717) is 10.2 Å². The molecule has 0 aliphatic heterocycles. The van der Waals surface area contributed by atoms with Gasteiger partial charge in [0, 0.05) is 10.5 Å². The summed E-state index contributed by atoms with van der Waals surface area (Å²) >= 11 is 15.1. The molecule has 0 radical (unpaired) electrons. The van der Waals surface area contributed by atoms with Crippen molar-refractivity contribution in [2.24, 2.45) is 0 Å². The Morgan fingerprint density at radius 3 is 2.29 bits per heavy atom. The first kappa shape index (κ1) is 16.6. The van der Waals surface area contributed by atoms with Gasteiger partial charge in [-0.15, -0.1) is 0 Å². The molecule has 0 fully saturated rings. The molecule has 0 saturated carbocycles. The highest BCUT2D eigenvalue weighted by Gasteiger charge is 2.24. The lowest BCUT2D eigenvalue weighted by Crippen LogP contribution is -2.13. The Hall–Kier alpha value is -0.760. The van der Waals surface area contributed by atoms with Gasteiger partial charge in [-0.1, -0.05) is 58.1 Å². The normalized spacial score (nSPS) is 11.9. The predicted octanol–water partition coefficient (Wildman–Crippen LogP) is 4.67. The molecule has 0 atom stereocenters. The molecule has 2 rings (SSSR count). The fourth-order valence-electron chi connectivity index (χ4n) is 1.58. The largest absolute Gasteiger partial charge is 0.338 e. The van der Waals surface area contributed by atoms with E-state index >= 15 is 0 Å². The zero-order valence-corrected chi connectivity index (χ0v) is 14.9. The summed E-state index contributed by atoms with van der Waals surface area (Å²) in [6, 6.07) is 4.41. The van der Waals surface area contributed by atoms with E-state index in [2.05, 4.69) is 25.8 Å². The summed E-state index contributed by atoms with van der Waals surface area (Å²) in [4.78, 5) is -0.212. The number of benzene rings is 1. The quantitative estimate of drug-likeness (QED) is 0.790. The van der Waals surface area contributed by atoms with Crippen LogP contribution in [0.5, 0.6) is 0 Å². The van der Waals surface area contributed by atoms with Crippen LogP contribution >= 0.6 is 39.1 Å². The van der Waals surface area contributed by atoms with E-state index in [-0.39, 0.29) is 26.7 Å². The topological polar surface area (TPSA) is 72.2 Å². The number of halogens is 3. The second-order valence-electron chi connectivity index (χ2n) is 4.57. The molecule has 0 amide bonds. The molecule has 0 saturated heterocycles. The third kappa shape index (κ3) is 3.71. The SMILES string of the molecule is CC(C)c1cc(NS(=O)(=O)c2c(Cl)cc(Br)cc2Cl)on1. The van der Waals surface area contributed by atoms with Gasteiger partial charge >= 0.3 is 0 Å². The smallest absolute Gasteiger partial charge is 0.267 e. The minimum absolute atomic E-state index is 0.00507. The van der Waals surface area contributed by atoms with Gasteiger partial charge in [-0.3, -0.25) is 0 Å². The molecule has 1 aromatic heterocycles. The average Bonchev–Trinajstić information content (AvgIpc) is 2.74. The first-order chi connectivity index (χ1) is 9.70. The number of hydrogen-bond donors (Lipinski definition) is 1. The summed E-state index contributed by atoms with van der Waals surface area (Å²) < 4.78 is 32.5. The number of aromatic nitrogens is 1. The highest BCUT2D eigenvalue weighted by Crippen LogP contribution is 2.34. The molecule has 114 valence electrons. The molecule has 2 aromatic rings. The van der Waals surface area contributed by atoms with Gasteiger partial charge in [0.1, 0.15) is 4.90 Å². The zero-order chi connectivity index (χ0) is 15.8. The van der Waals surface area contributed by atoms with Gasteiger partial charge in [0.25, 0.3) is 10.0 Å². The number of nitrogens with zero attached hydrogens (tertiary/aromatic N) is 1. The summed E-state index contributed by atoms with van der Waals surface area (Å²) in [6.45, 7) is 3.83. The Balaban J connectivity index is 2.38. The minimum Gasteiger partial charge on any atom is -0.338 e. The maximum absolute atomic E-state index is 12.4. The Kier molecular flexibility index (Phi) is 4.87. The van der Waals surface area contributed by atoms with E-state index in [4.69, 9.17) is 27.7 Å². The van der Waals surface area contributed by atoms with Crippen LogP contribution in [0, 0.1) is 0 Å². The number of rotatable bonds is 4. The van der Waals surface area contributed by atoms with E-state index in [1.54, 1.807) is 0 Å². The first-order valence-corrected chi connectivity index (χ1v) is 8.88. The maximum Gasteiger partial charge on any atom is 0.267 e. The van der Waals surface area contributed by atoms with Gasteiger partial charge < -0.3 is 4.52 Å². The molecular formula is C12H11BrCl2N2O3S. The molecule has 0 aliphatic carbocycles. The standard InChI is InChI=1S/C12H11BrCl2N2O3S/c1-6(2)10-5-11(20-16-10)17-21(18,19)12-8(14)3-7(13)4-9(12)15/h3-6,17H,1-2H3. The molecule has 0 spiro atoms. The fourth-order valence-corrected chi connectivity index (χ4v) is 4.49. The van der Waals surface area contributed by atoms with E-state index in [9.17, 15) is 8.42 Å². The van der Waals surface area contributed by atoms with Gasteiger partial charge in [0.2, 0.25) is 5.88 Å². The summed E-state index contributed by atoms with van der Waals surface area (Å²) in [7, 11) is -3.97. The van der Waals surface area contributed by atoms with E-state index in [1.807, 2.05) is 13.8 Å².